The molecule has 2 nitrogen and oxygen atoms in total. The monoisotopic (exact) mass is 542 g/mol. The number of nitrogens with zero attached hydrogens (tertiary/aromatic N) is 1. The Hall–Kier alpha value is -2.24. The zero-order valence-electron chi connectivity index (χ0n) is 22.0. The highest BCUT2D eigenvalue weighted by molar-refractivity contribution is 6.32. The van der Waals surface area contributed by atoms with Crippen LogP contribution in [0.5, 0.6) is 0 Å². The van der Waals surface area contributed by atoms with E-state index in [0.29, 0.717) is 32.2 Å². The lowest BCUT2D eigenvalue weighted by molar-refractivity contribution is -0.141. The van der Waals surface area contributed by atoms with Crippen molar-refractivity contribution in [1.29, 1.82) is 0 Å². The van der Waals surface area contributed by atoms with Gasteiger partial charge in [-0.1, -0.05) is 114 Å². The third kappa shape index (κ3) is 12.1. The third-order valence-electron chi connectivity index (χ3n) is 4.99. The minimum Gasteiger partial charge on any atom is -0.399 e. The molecule has 2 N–H and O–H groups in total. The molecular weight excluding hydrogens is 504 g/mol. The summed E-state index contributed by atoms with van der Waals surface area (Å²) in [4.78, 5) is 3.56. The summed E-state index contributed by atoms with van der Waals surface area (Å²) in [5.41, 5.74) is 6.69. The summed E-state index contributed by atoms with van der Waals surface area (Å²) in [7, 11) is 0. The molecule has 2 aromatic carbocycles. The van der Waals surface area contributed by atoms with Crippen LogP contribution in [0, 0.1) is 6.92 Å². The molecule has 0 amide bonds. The van der Waals surface area contributed by atoms with Gasteiger partial charge in [0.2, 0.25) is 0 Å². The quantitative estimate of drug-likeness (QED) is 0.332. The van der Waals surface area contributed by atoms with Crippen LogP contribution in [0.25, 0.3) is 16.6 Å². The van der Waals surface area contributed by atoms with Crippen LogP contribution in [0.2, 0.25) is 10.0 Å². The maximum Gasteiger partial charge on any atom is 0.433 e. The smallest absolute Gasteiger partial charge is 0.399 e. The minimum absolute atomic E-state index is 0.303. The summed E-state index contributed by atoms with van der Waals surface area (Å²) in [6, 6.07) is 13.0. The maximum absolute atomic E-state index is 12.5. The second-order valence-electron chi connectivity index (χ2n) is 7.61. The Morgan fingerprint density at radius 3 is 1.78 bits per heavy atom. The van der Waals surface area contributed by atoms with E-state index < -0.39 is 11.9 Å². The van der Waals surface area contributed by atoms with Crippen molar-refractivity contribution in [2.75, 3.05) is 0 Å². The van der Waals surface area contributed by atoms with Gasteiger partial charge in [-0.3, -0.25) is 0 Å². The highest BCUT2D eigenvalue weighted by Crippen LogP contribution is 2.31. The van der Waals surface area contributed by atoms with Crippen molar-refractivity contribution < 1.29 is 13.2 Å². The Morgan fingerprint density at radius 1 is 0.861 bits per heavy atom. The van der Waals surface area contributed by atoms with Crippen molar-refractivity contribution >= 4 is 39.8 Å². The standard InChI is InChI=1S/C11H7ClF3N.C8H8ClN.C6H12.2C2H6/c1-6-4-10(11(13,14)15)16-9-3-2-7(12)5-8(6)9;1-6(10)7-4-2-3-5-8(7)9;1-2-4-6-5-3-1;2*1-2/h2-5H,1H3;2-5H,1,10H2;1-6H2;2*1-2H3. The molecule has 3 aromatic rings. The van der Waals surface area contributed by atoms with Crippen LogP contribution in [-0.4, -0.2) is 4.98 Å². The predicted molar refractivity (Wildman–Crippen MR) is 152 cm³/mol. The molecule has 36 heavy (non-hydrogen) atoms. The Kier molecular flexibility index (Phi) is 16.9. The summed E-state index contributed by atoms with van der Waals surface area (Å²) >= 11 is 11.5. The molecule has 1 aliphatic rings. The number of hydrogen-bond donors (Lipinski definition) is 1. The Bertz CT molecular complexity index is 1030. The number of rotatable bonds is 1. The van der Waals surface area contributed by atoms with Gasteiger partial charge >= 0.3 is 6.18 Å². The largest absolute Gasteiger partial charge is 0.433 e. The van der Waals surface area contributed by atoms with E-state index in [-0.39, 0.29) is 0 Å². The average Bonchev–Trinajstić information content (AvgIpc) is 2.88. The van der Waals surface area contributed by atoms with Gasteiger partial charge in [0.1, 0.15) is 5.69 Å². The molecule has 0 bridgehead atoms. The number of pyridine rings is 1. The predicted octanol–water partition coefficient (Wildman–Crippen LogP) is 10.9. The minimum atomic E-state index is -4.42. The number of aryl methyl sites for hydroxylation is 1. The van der Waals surface area contributed by atoms with E-state index in [2.05, 4.69) is 11.6 Å². The van der Waals surface area contributed by atoms with Crippen molar-refractivity contribution in [1.82, 2.24) is 4.98 Å². The molecule has 1 aromatic heterocycles. The van der Waals surface area contributed by atoms with Crippen LogP contribution < -0.4 is 5.73 Å². The van der Waals surface area contributed by atoms with Gasteiger partial charge in [-0.05, 0) is 42.8 Å². The molecule has 0 aliphatic heterocycles. The molecule has 1 saturated carbocycles. The van der Waals surface area contributed by atoms with E-state index in [0.717, 1.165) is 11.6 Å². The molecule has 0 radical (unpaired) electrons. The summed E-state index contributed by atoms with van der Waals surface area (Å²) in [5.74, 6) is 0. The van der Waals surface area contributed by atoms with Gasteiger partial charge in [0.05, 0.1) is 5.52 Å². The summed E-state index contributed by atoms with van der Waals surface area (Å²) in [6.07, 6.45) is 4.58. The van der Waals surface area contributed by atoms with E-state index >= 15 is 0 Å². The van der Waals surface area contributed by atoms with Crippen LogP contribution in [-0.2, 0) is 6.18 Å². The molecule has 4 rings (SSSR count). The number of benzene rings is 2. The van der Waals surface area contributed by atoms with E-state index in [1.54, 1.807) is 19.1 Å². The number of nitrogens with two attached hydrogens (primary N) is 1. The van der Waals surface area contributed by atoms with Gasteiger partial charge in [-0.25, -0.2) is 4.98 Å². The molecule has 1 fully saturated rings. The SMILES string of the molecule is C1CCCCC1.C=C(N)c1ccccc1Cl.CC.CC.Cc1cc(C(F)(F)F)nc2ccc(Cl)cc12. The average molecular weight is 544 g/mol. The van der Waals surface area contributed by atoms with E-state index in [1.807, 2.05) is 45.9 Å². The lowest BCUT2D eigenvalue weighted by Gasteiger charge is -2.09. The van der Waals surface area contributed by atoms with Crippen LogP contribution in [0.1, 0.15) is 83.0 Å². The lowest BCUT2D eigenvalue weighted by atomic mass is 10.0. The van der Waals surface area contributed by atoms with Crippen LogP contribution in [0.15, 0.2) is 55.1 Å². The summed E-state index contributed by atoms with van der Waals surface area (Å²) in [6.45, 7) is 13.2. The fourth-order valence-electron chi connectivity index (χ4n) is 3.29. The fraction of sp³-hybridized carbons (Fsp3) is 0.414. The Morgan fingerprint density at radius 2 is 1.36 bits per heavy atom. The third-order valence-corrected chi connectivity index (χ3v) is 5.55. The van der Waals surface area contributed by atoms with Gasteiger partial charge in [-0.15, -0.1) is 0 Å². The van der Waals surface area contributed by atoms with Crippen molar-refractivity contribution in [2.24, 2.45) is 5.73 Å². The van der Waals surface area contributed by atoms with Crippen LogP contribution >= 0.6 is 23.2 Å². The number of aromatic nitrogens is 1. The summed E-state index contributed by atoms with van der Waals surface area (Å²) in [5, 5.41) is 1.77. The van der Waals surface area contributed by atoms with Crippen molar-refractivity contribution in [3.63, 3.8) is 0 Å². The molecular formula is C29H39Cl2F3N2. The Labute approximate surface area is 224 Å². The molecule has 0 spiro atoms. The van der Waals surface area contributed by atoms with Crippen molar-refractivity contribution in [3.05, 3.63) is 82.0 Å². The van der Waals surface area contributed by atoms with E-state index in [1.165, 1.54) is 50.7 Å². The highest BCUT2D eigenvalue weighted by atomic mass is 35.5. The second kappa shape index (κ2) is 18.1. The lowest BCUT2D eigenvalue weighted by Crippen LogP contribution is -2.08. The first-order valence-corrected chi connectivity index (χ1v) is 13.2. The number of alkyl halides is 3. The second-order valence-corrected chi connectivity index (χ2v) is 8.45. The number of hydrogen-bond acceptors (Lipinski definition) is 2. The molecule has 1 heterocycles. The normalized spacial score (nSPS) is 12.3. The van der Waals surface area contributed by atoms with Gasteiger partial charge < -0.3 is 5.73 Å². The summed E-state index contributed by atoms with van der Waals surface area (Å²) < 4.78 is 37.5. The Balaban J connectivity index is 0.000000523. The molecule has 1 aliphatic carbocycles. The van der Waals surface area contributed by atoms with Gasteiger partial charge in [0.25, 0.3) is 0 Å². The molecule has 0 atom stereocenters. The molecule has 0 unspecified atom stereocenters. The number of halogens is 5. The van der Waals surface area contributed by atoms with Crippen molar-refractivity contribution in [3.8, 4) is 0 Å². The van der Waals surface area contributed by atoms with Gasteiger partial charge in [0.15, 0.2) is 0 Å². The zero-order valence-corrected chi connectivity index (χ0v) is 23.5. The first kappa shape index (κ1) is 33.8. The van der Waals surface area contributed by atoms with E-state index in [4.69, 9.17) is 28.9 Å². The van der Waals surface area contributed by atoms with Crippen molar-refractivity contribution in [2.45, 2.75) is 79.3 Å². The molecule has 0 saturated heterocycles. The maximum atomic E-state index is 12.5. The number of fused-ring (bicyclic) bond motifs is 1. The first-order valence-electron chi connectivity index (χ1n) is 12.4. The fourth-order valence-corrected chi connectivity index (χ4v) is 3.72. The van der Waals surface area contributed by atoms with Gasteiger partial charge in [0, 0.05) is 26.7 Å². The highest BCUT2D eigenvalue weighted by Gasteiger charge is 2.32. The molecule has 7 heteroatoms. The molecule has 200 valence electrons. The zero-order chi connectivity index (χ0) is 27.7. The topological polar surface area (TPSA) is 38.9 Å². The van der Waals surface area contributed by atoms with Gasteiger partial charge in [-0.2, -0.15) is 13.2 Å². The van der Waals surface area contributed by atoms with Crippen LogP contribution in [0.4, 0.5) is 13.2 Å². The first-order chi connectivity index (χ1) is 17.1. The van der Waals surface area contributed by atoms with Crippen LogP contribution in [0.3, 0.4) is 0 Å². The van der Waals surface area contributed by atoms with E-state index in [9.17, 15) is 13.2 Å².